The van der Waals surface area contributed by atoms with Gasteiger partial charge in [0.2, 0.25) is 11.9 Å². The Labute approximate surface area is 242 Å². The topological polar surface area (TPSA) is 128 Å². The van der Waals surface area contributed by atoms with E-state index >= 15 is 0 Å². The van der Waals surface area contributed by atoms with Gasteiger partial charge in [0, 0.05) is 53.0 Å². The van der Waals surface area contributed by atoms with Gasteiger partial charge in [-0.3, -0.25) is 14.2 Å². The largest absolute Gasteiger partial charge is 0.324 e. The van der Waals surface area contributed by atoms with E-state index in [2.05, 4.69) is 32.0 Å². The number of nitrogens with zero attached hydrogens (tertiary/aromatic N) is 5. The van der Waals surface area contributed by atoms with Gasteiger partial charge in [-0.15, -0.1) is 0 Å². The first-order chi connectivity index (χ1) is 20.4. The molecule has 2 amide bonds. The number of rotatable bonds is 9. The Hall–Kier alpha value is -5.79. The molecule has 10 nitrogen and oxygen atoms in total. The zero-order chi connectivity index (χ0) is 29.5. The summed E-state index contributed by atoms with van der Waals surface area (Å²) >= 11 is 0. The van der Waals surface area contributed by atoms with Crippen LogP contribution in [-0.4, -0.2) is 51.9 Å². The van der Waals surface area contributed by atoms with Crippen molar-refractivity contribution in [2.24, 2.45) is 0 Å². The summed E-state index contributed by atoms with van der Waals surface area (Å²) in [7, 11) is 3.83. The molecule has 5 aromatic rings. The fourth-order valence-corrected chi connectivity index (χ4v) is 4.30. The second kappa shape index (κ2) is 12.6. The van der Waals surface area contributed by atoms with Crippen LogP contribution in [0.3, 0.4) is 0 Å². The van der Waals surface area contributed by atoms with Crippen molar-refractivity contribution in [3.8, 4) is 11.9 Å². The summed E-state index contributed by atoms with van der Waals surface area (Å²) in [6.07, 6.45) is 6.63. The van der Waals surface area contributed by atoms with E-state index in [1.165, 1.54) is 6.08 Å². The first kappa shape index (κ1) is 27.8. The molecule has 0 unspecified atom stereocenters. The van der Waals surface area contributed by atoms with E-state index in [1.807, 2.05) is 53.9 Å². The second-order valence-corrected chi connectivity index (χ2v) is 9.67. The zero-order valence-corrected chi connectivity index (χ0v) is 23.1. The van der Waals surface area contributed by atoms with Crippen LogP contribution >= 0.6 is 0 Å². The van der Waals surface area contributed by atoms with Gasteiger partial charge in [-0.05, 0) is 62.6 Å². The fourth-order valence-electron chi connectivity index (χ4n) is 4.30. The zero-order valence-electron chi connectivity index (χ0n) is 23.1. The average molecular weight is 557 g/mol. The number of para-hydroxylation sites is 1. The Morgan fingerprint density at radius 2 is 1.71 bits per heavy atom. The number of hydrogen-bond donors (Lipinski definition) is 3. The van der Waals surface area contributed by atoms with Gasteiger partial charge < -0.3 is 20.9 Å². The highest BCUT2D eigenvalue weighted by Gasteiger charge is 2.12. The first-order valence-electron chi connectivity index (χ1n) is 13.1. The van der Waals surface area contributed by atoms with Crippen LogP contribution in [0.1, 0.15) is 15.9 Å². The van der Waals surface area contributed by atoms with Gasteiger partial charge in [0.15, 0.2) is 0 Å². The predicted molar refractivity (Wildman–Crippen MR) is 164 cm³/mol. The lowest BCUT2D eigenvalue weighted by molar-refractivity contribution is -0.111. The number of nitriles is 1. The number of benzene rings is 3. The lowest BCUT2D eigenvalue weighted by atomic mass is 10.1. The van der Waals surface area contributed by atoms with Crippen LogP contribution in [0.15, 0.2) is 103 Å². The molecule has 3 aromatic carbocycles. The van der Waals surface area contributed by atoms with Crippen LogP contribution in [0.4, 0.5) is 23.0 Å². The van der Waals surface area contributed by atoms with Crippen LogP contribution in [-0.2, 0) is 4.79 Å². The van der Waals surface area contributed by atoms with E-state index in [9.17, 15) is 14.9 Å². The van der Waals surface area contributed by atoms with Gasteiger partial charge in [-0.1, -0.05) is 36.4 Å². The summed E-state index contributed by atoms with van der Waals surface area (Å²) in [5.41, 5.74) is 3.59. The molecular formula is C32H28N8O2. The molecule has 208 valence electrons. The maximum absolute atomic E-state index is 13.0. The first-order valence-corrected chi connectivity index (χ1v) is 13.1. The third-order valence-corrected chi connectivity index (χ3v) is 6.23. The molecule has 5 rings (SSSR count). The van der Waals surface area contributed by atoms with Crippen LogP contribution in [0, 0.1) is 11.3 Å². The second-order valence-electron chi connectivity index (χ2n) is 9.67. The van der Waals surface area contributed by atoms with Crippen molar-refractivity contribution in [1.29, 1.82) is 5.26 Å². The van der Waals surface area contributed by atoms with E-state index in [1.54, 1.807) is 67.0 Å². The van der Waals surface area contributed by atoms with Gasteiger partial charge >= 0.3 is 0 Å². The minimum absolute atomic E-state index is 0.269. The summed E-state index contributed by atoms with van der Waals surface area (Å²) in [4.78, 5) is 36.1. The third kappa shape index (κ3) is 6.67. The Morgan fingerprint density at radius 3 is 2.52 bits per heavy atom. The van der Waals surface area contributed by atoms with E-state index in [-0.39, 0.29) is 11.8 Å². The quantitative estimate of drug-likeness (QED) is 0.209. The van der Waals surface area contributed by atoms with Crippen molar-refractivity contribution in [1.82, 2.24) is 19.4 Å². The number of anilines is 4. The van der Waals surface area contributed by atoms with E-state index in [4.69, 9.17) is 0 Å². The minimum Gasteiger partial charge on any atom is -0.324 e. The number of aromatic nitrogens is 3. The monoisotopic (exact) mass is 556 g/mol. The number of nitrogens with one attached hydrogen (secondary N) is 3. The molecule has 0 spiro atoms. The van der Waals surface area contributed by atoms with E-state index < -0.39 is 0 Å². The molecule has 0 radical (unpaired) electrons. The highest BCUT2D eigenvalue weighted by molar-refractivity contribution is 6.06. The van der Waals surface area contributed by atoms with Gasteiger partial charge in [0.1, 0.15) is 11.9 Å². The van der Waals surface area contributed by atoms with Gasteiger partial charge in [0.05, 0.1) is 11.1 Å². The van der Waals surface area contributed by atoms with E-state index in [0.29, 0.717) is 46.5 Å². The molecule has 2 aromatic heterocycles. The molecule has 0 atom stereocenters. The minimum atomic E-state index is -0.322. The van der Waals surface area contributed by atoms with E-state index in [0.717, 1.165) is 10.9 Å². The average Bonchev–Trinajstić information content (AvgIpc) is 3.36. The third-order valence-electron chi connectivity index (χ3n) is 6.23. The molecule has 0 aliphatic carbocycles. The number of amides is 2. The number of carbonyl (C=O) groups excluding carboxylic acids is 2. The molecule has 0 saturated heterocycles. The summed E-state index contributed by atoms with van der Waals surface area (Å²) < 4.78 is 1.86. The number of likely N-dealkylation sites (N-methyl/N-ethyl adjacent to an activating group) is 1. The highest BCUT2D eigenvalue weighted by Crippen LogP contribution is 2.25. The Morgan fingerprint density at radius 1 is 0.952 bits per heavy atom. The number of carbonyl (C=O) groups is 2. The Bertz CT molecular complexity index is 1830. The van der Waals surface area contributed by atoms with Crippen LogP contribution in [0.5, 0.6) is 0 Å². The van der Waals surface area contributed by atoms with Gasteiger partial charge in [0.25, 0.3) is 5.91 Å². The lowest BCUT2D eigenvalue weighted by Crippen LogP contribution is -2.14. The summed E-state index contributed by atoms with van der Waals surface area (Å²) in [6.45, 7) is 0.648. The number of fused-ring (bicyclic) bond motifs is 1. The Kier molecular flexibility index (Phi) is 8.32. The molecule has 0 aliphatic heterocycles. The highest BCUT2D eigenvalue weighted by atomic mass is 16.2. The fraction of sp³-hybridized carbons (Fsp3) is 0.0938. The van der Waals surface area contributed by atoms with Crippen molar-refractivity contribution < 1.29 is 9.59 Å². The normalized spacial score (nSPS) is 11.0. The van der Waals surface area contributed by atoms with Crippen LogP contribution in [0.2, 0.25) is 0 Å². The van der Waals surface area contributed by atoms with Crippen LogP contribution in [0.25, 0.3) is 16.7 Å². The maximum atomic E-state index is 13.0. The molecular weight excluding hydrogens is 528 g/mol. The molecule has 0 bridgehead atoms. The van der Waals surface area contributed by atoms with Gasteiger partial charge in [-0.2, -0.15) is 10.2 Å². The summed E-state index contributed by atoms with van der Waals surface area (Å²) in [5.74, 6) is 0.373. The van der Waals surface area contributed by atoms with Crippen LogP contribution < -0.4 is 16.0 Å². The van der Waals surface area contributed by atoms with Gasteiger partial charge in [-0.25, -0.2) is 4.98 Å². The molecule has 42 heavy (non-hydrogen) atoms. The molecule has 0 saturated carbocycles. The summed E-state index contributed by atoms with van der Waals surface area (Å²) in [6, 6.07) is 25.6. The SMILES string of the molecule is CN(C)C/C=C/C(=O)Nc1cccc(C(=O)Nc2cccc(Nc3nccc(-n4cc(C#N)c5ccccc54)n3)c2)c1. The standard InChI is InChI=1S/C32H28N8O2/c1-39(2)17-7-14-30(41)35-24-9-5-8-22(18-24)31(42)36-25-10-6-11-26(19-25)37-32-34-16-15-29(38-32)40-21-23(20-33)27-12-3-4-13-28(27)40/h3-16,18-19,21H,17H2,1-2H3,(H,35,41)(H,36,42)(H,34,37,38)/b14-7+. The van der Waals surface area contributed by atoms with Crippen molar-refractivity contribution in [2.45, 2.75) is 0 Å². The summed E-state index contributed by atoms with van der Waals surface area (Å²) in [5, 5.41) is 19.2. The molecule has 0 aliphatic rings. The molecule has 3 N–H and O–H groups in total. The molecule has 0 fully saturated rings. The molecule has 10 heteroatoms. The van der Waals surface area contributed by atoms with Crippen molar-refractivity contribution in [3.63, 3.8) is 0 Å². The van der Waals surface area contributed by atoms with Crippen molar-refractivity contribution in [2.75, 3.05) is 36.6 Å². The lowest BCUT2D eigenvalue weighted by Gasteiger charge is -2.11. The van der Waals surface area contributed by atoms with Crippen molar-refractivity contribution >= 4 is 45.7 Å². The smallest absolute Gasteiger partial charge is 0.255 e. The Balaban J connectivity index is 1.27. The molecule has 2 heterocycles. The number of hydrogen-bond acceptors (Lipinski definition) is 7. The predicted octanol–water partition coefficient (Wildman–Crippen LogP) is 5.34. The van der Waals surface area contributed by atoms with Crippen molar-refractivity contribution in [3.05, 3.63) is 115 Å². The maximum Gasteiger partial charge on any atom is 0.255 e.